The number of nitrogens with one attached hydrogen (secondary N) is 1. The predicted octanol–water partition coefficient (Wildman–Crippen LogP) is 4.18. The van der Waals surface area contributed by atoms with E-state index in [1.54, 1.807) is 0 Å². The van der Waals surface area contributed by atoms with Gasteiger partial charge in [0.05, 0.1) is 6.54 Å². The SMILES string of the molecule is CNCc1ccc(COc2ccc(C)cc2C(C)(C)C)o1. The first kappa shape index (κ1) is 15.6. The smallest absolute Gasteiger partial charge is 0.146 e. The molecule has 0 fully saturated rings. The molecule has 3 nitrogen and oxygen atoms in total. The normalized spacial score (nSPS) is 11.7. The summed E-state index contributed by atoms with van der Waals surface area (Å²) in [5.41, 5.74) is 2.54. The second-order valence-corrected chi connectivity index (χ2v) is 6.44. The third kappa shape index (κ3) is 4.11. The lowest BCUT2D eigenvalue weighted by Gasteiger charge is -2.23. The van der Waals surface area contributed by atoms with Crippen LogP contribution in [-0.2, 0) is 18.6 Å². The summed E-state index contributed by atoms with van der Waals surface area (Å²) in [5, 5.41) is 3.07. The highest BCUT2D eigenvalue weighted by molar-refractivity contribution is 5.41. The molecule has 0 saturated heterocycles. The molecule has 114 valence electrons. The Balaban J connectivity index is 2.12. The highest BCUT2D eigenvalue weighted by Gasteiger charge is 2.19. The van der Waals surface area contributed by atoms with Crippen LogP contribution >= 0.6 is 0 Å². The minimum atomic E-state index is 0.0573. The second kappa shape index (κ2) is 6.35. The first-order valence-corrected chi connectivity index (χ1v) is 7.36. The molecule has 0 aliphatic rings. The van der Waals surface area contributed by atoms with E-state index in [0.29, 0.717) is 6.61 Å². The predicted molar refractivity (Wildman–Crippen MR) is 85.7 cm³/mol. The molecule has 21 heavy (non-hydrogen) atoms. The minimum Gasteiger partial charge on any atom is -0.485 e. The van der Waals surface area contributed by atoms with E-state index >= 15 is 0 Å². The Bertz CT molecular complexity index is 594. The molecule has 0 amide bonds. The highest BCUT2D eigenvalue weighted by Crippen LogP contribution is 2.32. The lowest BCUT2D eigenvalue weighted by atomic mass is 9.85. The number of hydrogen-bond acceptors (Lipinski definition) is 3. The first-order chi connectivity index (χ1) is 9.90. The third-order valence-corrected chi connectivity index (χ3v) is 3.38. The fourth-order valence-corrected chi connectivity index (χ4v) is 2.27. The number of ether oxygens (including phenoxy) is 1. The van der Waals surface area contributed by atoms with Gasteiger partial charge in [0.1, 0.15) is 23.9 Å². The zero-order chi connectivity index (χ0) is 15.5. The van der Waals surface area contributed by atoms with Crippen molar-refractivity contribution in [3.8, 4) is 5.75 Å². The molecule has 0 bridgehead atoms. The quantitative estimate of drug-likeness (QED) is 0.895. The molecule has 0 radical (unpaired) electrons. The Kier molecular flexibility index (Phi) is 4.73. The number of rotatable bonds is 5. The zero-order valence-electron chi connectivity index (χ0n) is 13.6. The number of furan rings is 1. The van der Waals surface area contributed by atoms with Gasteiger partial charge in [0.15, 0.2) is 0 Å². The van der Waals surface area contributed by atoms with Crippen molar-refractivity contribution in [3.63, 3.8) is 0 Å². The summed E-state index contributed by atoms with van der Waals surface area (Å²) in [6.45, 7) is 9.90. The van der Waals surface area contributed by atoms with Crippen molar-refractivity contribution in [2.24, 2.45) is 0 Å². The summed E-state index contributed by atoms with van der Waals surface area (Å²) < 4.78 is 11.7. The van der Waals surface area contributed by atoms with Crippen LogP contribution < -0.4 is 10.1 Å². The average Bonchev–Trinajstić information content (AvgIpc) is 2.84. The Morgan fingerprint density at radius 1 is 1.10 bits per heavy atom. The van der Waals surface area contributed by atoms with E-state index in [9.17, 15) is 0 Å². The van der Waals surface area contributed by atoms with Crippen LogP contribution in [0.25, 0.3) is 0 Å². The molecule has 1 N–H and O–H groups in total. The molecule has 0 unspecified atom stereocenters. The average molecular weight is 287 g/mol. The van der Waals surface area contributed by atoms with Gasteiger partial charge >= 0.3 is 0 Å². The second-order valence-electron chi connectivity index (χ2n) is 6.44. The summed E-state index contributed by atoms with van der Waals surface area (Å²) in [5.74, 6) is 2.71. The maximum absolute atomic E-state index is 5.98. The van der Waals surface area contributed by atoms with Crippen LogP contribution in [0.2, 0.25) is 0 Å². The van der Waals surface area contributed by atoms with Gasteiger partial charge < -0.3 is 14.5 Å². The van der Waals surface area contributed by atoms with Crippen LogP contribution in [0.1, 0.15) is 43.4 Å². The summed E-state index contributed by atoms with van der Waals surface area (Å²) in [7, 11) is 1.90. The van der Waals surface area contributed by atoms with Crippen LogP contribution in [0.5, 0.6) is 5.75 Å². The molecule has 1 heterocycles. The van der Waals surface area contributed by atoms with E-state index in [1.807, 2.05) is 25.2 Å². The van der Waals surface area contributed by atoms with Gasteiger partial charge in [-0.1, -0.05) is 38.5 Å². The van der Waals surface area contributed by atoms with Crippen molar-refractivity contribution in [2.75, 3.05) is 7.05 Å². The van der Waals surface area contributed by atoms with E-state index in [4.69, 9.17) is 9.15 Å². The fourth-order valence-electron chi connectivity index (χ4n) is 2.27. The first-order valence-electron chi connectivity index (χ1n) is 7.36. The molecule has 2 rings (SSSR count). The summed E-state index contributed by atoms with van der Waals surface area (Å²) in [6, 6.07) is 10.3. The summed E-state index contributed by atoms with van der Waals surface area (Å²) in [4.78, 5) is 0. The van der Waals surface area contributed by atoms with E-state index in [1.165, 1.54) is 11.1 Å². The van der Waals surface area contributed by atoms with Crippen LogP contribution in [0.3, 0.4) is 0 Å². The molecule has 0 aliphatic carbocycles. The lowest BCUT2D eigenvalue weighted by molar-refractivity contribution is 0.259. The van der Waals surface area contributed by atoms with Gasteiger partial charge in [-0.05, 0) is 43.1 Å². The van der Waals surface area contributed by atoms with E-state index < -0.39 is 0 Å². The van der Waals surface area contributed by atoms with Crippen LogP contribution in [-0.4, -0.2) is 7.05 Å². The Hall–Kier alpha value is -1.74. The summed E-state index contributed by atoms with van der Waals surface area (Å²) in [6.07, 6.45) is 0. The molecule has 1 aromatic carbocycles. The standard InChI is InChI=1S/C18H25NO2/c1-13-6-9-17(16(10-13)18(2,3)4)20-12-15-8-7-14(21-15)11-19-5/h6-10,19H,11-12H2,1-5H3. The van der Waals surface area contributed by atoms with Crippen molar-refractivity contribution in [2.45, 2.75) is 46.3 Å². The third-order valence-electron chi connectivity index (χ3n) is 3.38. The van der Waals surface area contributed by atoms with Crippen molar-refractivity contribution in [1.29, 1.82) is 0 Å². The van der Waals surface area contributed by atoms with Gasteiger partial charge in [-0.2, -0.15) is 0 Å². The van der Waals surface area contributed by atoms with Crippen LogP contribution in [0.4, 0.5) is 0 Å². The Morgan fingerprint density at radius 2 is 1.81 bits per heavy atom. The monoisotopic (exact) mass is 287 g/mol. The van der Waals surface area contributed by atoms with Crippen molar-refractivity contribution in [3.05, 3.63) is 53.0 Å². The number of aryl methyl sites for hydroxylation is 1. The largest absolute Gasteiger partial charge is 0.485 e. The van der Waals surface area contributed by atoms with E-state index in [2.05, 4.69) is 45.1 Å². The van der Waals surface area contributed by atoms with E-state index in [0.717, 1.165) is 23.8 Å². The Labute approximate surface area is 127 Å². The van der Waals surface area contributed by atoms with Gasteiger partial charge in [-0.25, -0.2) is 0 Å². The fraction of sp³-hybridized carbons (Fsp3) is 0.444. The maximum atomic E-state index is 5.98. The molecular formula is C18H25NO2. The van der Waals surface area contributed by atoms with Crippen molar-refractivity contribution >= 4 is 0 Å². The molecule has 2 aromatic rings. The topological polar surface area (TPSA) is 34.4 Å². The van der Waals surface area contributed by atoms with E-state index in [-0.39, 0.29) is 5.41 Å². The minimum absolute atomic E-state index is 0.0573. The molecular weight excluding hydrogens is 262 g/mol. The van der Waals surface area contributed by atoms with Gasteiger partial charge in [0.25, 0.3) is 0 Å². The van der Waals surface area contributed by atoms with Gasteiger partial charge in [0, 0.05) is 0 Å². The van der Waals surface area contributed by atoms with Crippen LogP contribution in [0.15, 0.2) is 34.7 Å². The Morgan fingerprint density at radius 3 is 2.48 bits per heavy atom. The van der Waals surface area contributed by atoms with Gasteiger partial charge in [-0.15, -0.1) is 0 Å². The maximum Gasteiger partial charge on any atom is 0.146 e. The molecule has 0 saturated carbocycles. The van der Waals surface area contributed by atoms with Gasteiger partial charge in [0.2, 0.25) is 0 Å². The van der Waals surface area contributed by atoms with Crippen LogP contribution in [0, 0.1) is 6.92 Å². The highest BCUT2D eigenvalue weighted by atomic mass is 16.5. The summed E-state index contributed by atoms with van der Waals surface area (Å²) >= 11 is 0. The number of hydrogen-bond donors (Lipinski definition) is 1. The molecule has 1 aromatic heterocycles. The van der Waals surface area contributed by atoms with Gasteiger partial charge in [-0.3, -0.25) is 0 Å². The zero-order valence-corrected chi connectivity index (χ0v) is 13.6. The molecule has 3 heteroatoms. The lowest BCUT2D eigenvalue weighted by Crippen LogP contribution is -2.13. The molecule has 0 spiro atoms. The molecule has 0 atom stereocenters. The van der Waals surface area contributed by atoms with Crippen molar-refractivity contribution < 1.29 is 9.15 Å². The molecule has 0 aliphatic heterocycles. The van der Waals surface area contributed by atoms with Crippen molar-refractivity contribution in [1.82, 2.24) is 5.32 Å². The number of benzene rings is 1.